The number of nitrogens with one attached hydrogen (secondary N) is 2. The lowest BCUT2D eigenvalue weighted by atomic mass is 9.98. The van der Waals surface area contributed by atoms with Crippen molar-refractivity contribution in [2.24, 2.45) is 0 Å². The fourth-order valence-electron chi connectivity index (χ4n) is 4.14. The minimum Gasteiger partial charge on any atom is -0.481 e. The molecular weight excluding hydrogens is 432 g/mol. The number of aliphatic carboxylic acids is 1. The summed E-state index contributed by atoms with van der Waals surface area (Å²) in [5.74, 6) is -1.29. The molecule has 1 aliphatic carbocycles. The van der Waals surface area contributed by atoms with E-state index in [0.717, 1.165) is 27.8 Å². The number of carboxylic acid groups (broad SMARTS) is 1. The molecule has 0 unspecified atom stereocenters. The molecule has 0 spiro atoms. The molecule has 2 amide bonds. The number of hydrogen-bond acceptors (Lipinski definition) is 4. The van der Waals surface area contributed by atoms with Crippen molar-refractivity contribution in [2.75, 3.05) is 11.9 Å². The van der Waals surface area contributed by atoms with Crippen LogP contribution in [0.25, 0.3) is 11.1 Å². The minimum atomic E-state index is -0.856. The monoisotopic (exact) mass is 458 g/mol. The second-order valence-corrected chi connectivity index (χ2v) is 8.27. The van der Waals surface area contributed by atoms with Crippen molar-refractivity contribution in [1.29, 1.82) is 0 Å². The molecule has 0 saturated carbocycles. The van der Waals surface area contributed by atoms with Gasteiger partial charge < -0.3 is 20.5 Å². The summed E-state index contributed by atoms with van der Waals surface area (Å²) in [6, 6.07) is 22.3. The van der Waals surface area contributed by atoms with E-state index in [0.29, 0.717) is 12.1 Å². The molecule has 174 valence electrons. The first-order valence-corrected chi connectivity index (χ1v) is 11.2. The van der Waals surface area contributed by atoms with E-state index in [9.17, 15) is 14.4 Å². The topological polar surface area (TPSA) is 105 Å². The first-order valence-electron chi connectivity index (χ1n) is 11.2. The number of anilines is 1. The van der Waals surface area contributed by atoms with Crippen LogP contribution in [0.2, 0.25) is 0 Å². The third kappa shape index (κ3) is 5.26. The van der Waals surface area contributed by atoms with Gasteiger partial charge >= 0.3 is 12.1 Å². The fourth-order valence-corrected chi connectivity index (χ4v) is 4.14. The van der Waals surface area contributed by atoms with E-state index >= 15 is 0 Å². The summed E-state index contributed by atoms with van der Waals surface area (Å²) in [4.78, 5) is 35.6. The number of hydrogen-bond donors (Lipinski definition) is 3. The molecule has 1 aliphatic rings. The van der Waals surface area contributed by atoms with Gasteiger partial charge in [-0.1, -0.05) is 60.7 Å². The van der Waals surface area contributed by atoms with Crippen LogP contribution < -0.4 is 10.6 Å². The maximum absolute atomic E-state index is 12.5. The van der Waals surface area contributed by atoms with Crippen LogP contribution in [0.5, 0.6) is 0 Å². The largest absolute Gasteiger partial charge is 0.481 e. The zero-order valence-corrected chi connectivity index (χ0v) is 18.8. The summed E-state index contributed by atoms with van der Waals surface area (Å²) < 4.78 is 5.49. The maximum atomic E-state index is 12.5. The summed E-state index contributed by atoms with van der Waals surface area (Å²) in [6.45, 7) is 1.75. The smallest absolute Gasteiger partial charge is 0.407 e. The molecule has 7 nitrogen and oxygen atoms in total. The molecule has 3 aromatic carbocycles. The Balaban J connectivity index is 1.29. The van der Waals surface area contributed by atoms with Gasteiger partial charge in [-0.25, -0.2) is 4.79 Å². The first-order chi connectivity index (χ1) is 16.4. The average Bonchev–Trinajstić information content (AvgIpc) is 3.16. The number of alkyl carbamates (subject to hydrolysis) is 1. The molecule has 3 N–H and O–H groups in total. The highest BCUT2D eigenvalue weighted by molar-refractivity contribution is 5.96. The molecule has 0 aliphatic heterocycles. The molecular formula is C27H26N2O5. The van der Waals surface area contributed by atoms with Crippen molar-refractivity contribution >= 4 is 23.7 Å². The van der Waals surface area contributed by atoms with E-state index in [1.807, 2.05) is 36.4 Å². The van der Waals surface area contributed by atoms with Gasteiger partial charge in [-0.2, -0.15) is 0 Å². The molecule has 7 heteroatoms. The molecule has 0 heterocycles. The number of carbonyl (C=O) groups is 3. The fraction of sp³-hybridized carbons (Fsp3) is 0.222. The number of fused-ring (bicyclic) bond motifs is 3. The Morgan fingerprint density at radius 2 is 1.50 bits per heavy atom. The normalized spacial score (nSPS) is 12.9. The number of carbonyl (C=O) groups excluding carboxylic acids is 2. The van der Waals surface area contributed by atoms with E-state index in [4.69, 9.17) is 9.84 Å². The van der Waals surface area contributed by atoms with Gasteiger partial charge in [-0.05, 0) is 53.3 Å². The van der Waals surface area contributed by atoms with Crippen molar-refractivity contribution in [3.05, 3.63) is 89.5 Å². The van der Waals surface area contributed by atoms with Crippen LogP contribution in [-0.4, -0.2) is 35.7 Å². The lowest BCUT2D eigenvalue weighted by Crippen LogP contribution is -2.42. The van der Waals surface area contributed by atoms with E-state index in [1.165, 1.54) is 0 Å². The number of ether oxygens (including phenoxy) is 1. The Morgan fingerprint density at radius 1 is 0.912 bits per heavy atom. The lowest BCUT2D eigenvalue weighted by Gasteiger charge is -2.17. The second-order valence-electron chi connectivity index (χ2n) is 8.27. The quantitative estimate of drug-likeness (QED) is 0.459. The molecule has 34 heavy (non-hydrogen) atoms. The number of amides is 2. The van der Waals surface area contributed by atoms with Gasteiger partial charge in [0.05, 0.1) is 0 Å². The Bertz CT molecular complexity index is 1160. The molecule has 0 saturated heterocycles. The highest BCUT2D eigenvalue weighted by Gasteiger charge is 2.29. The van der Waals surface area contributed by atoms with Crippen molar-refractivity contribution in [3.8, 4) is 11.1 Å². The SMILES string of the molecule is C[C@H](NC(=O)OCC1c2ccccc2-c2ccccc21)C(=O)Nc1ccc(CCC(=O)O)cc1. The number of rotatable bonds is 8. The first kappa shape index (κ1) is 23.0. The number of aryl methyl sites for hydroxylation is 1. The zero-order valence-electron chi connectivity index (χ0n) is 18.8. The van der Waals surface area contributed by atoms with Crippen LogP contribution in [0.4, 0.5) is 10.5 Å². The van der Waals surface area contributed by atoms with E-state index in [1.54, 1.807) is 31.2 Å². The van der Waals surface area contributed by atoms with Gasteiger partial charge in [0.15, 0.2) is 0 Å². The highest BCUT2D eigenvalue weighted by Crippen LogP contribution is 2.44. The molecule has 0 aromatic heterocycles. The van der Waals surface area contributed by atoms with Crippen LogP contribution >= 0.6 is 0 Å². The number of carboxylic acids is 1. The van der Waals surface area contributed by atoms with Crippen LogP contribution in [0.1, 0.15) is 36.0 Å². The van der Waals surface area contributed by atoms with Gasteiger partial charge in [0.1, 0.15) is 12.6 Å². The van der Waals surface area contributed by atoms with E-state index in [2.05, 4.69) is 22.8 Å². The maximum Gasteiger partial charge on any atom is 0.407 e. The van der Waals surface area contributed by atoms with Crippen LogP contribution in [0, 0.1) is 0 Å². The summed E-state index contributed by atoms with van der Waals surface area (Å²) >= 11 is 0. The summed E-state index contributed by atoms with van der Waals surface area (Å²) in [5, 5.41) is 14.1. The van der Waals surface area contributed by atoms with Crippen LogP contribution in [-0.2, 0) is 20.7 Å². The van der Waals surface area contributed by atoms with Gasteiger partial charge in [-0.3, -0.25) is 9.59 Å². The van der Waals surface area contributed by atoms with Crippen LogP contribution in [0.15, 0.2) is 72.8 Å². The van der Waals surface area contributed by atoms with Gasteiger partial charge in [-0.15, -0.1) is 0 Å². The van der Waals surface area contributed by atoms with Crippen molar-refractivity contribution in [3.63, 3.8) is 0 Å². The highest BCUT2D eigenvalue weighted by atomic mass is 16.5. The van der Waals surface area contributed by atoms with Gasteiger partial charge in [0, 0.05) is 18.0 Å². The van der Waals surface area contributed by atoms with Crippen molar-refractivity contribution in [2.45, 2.75) is 31.7 Å². The molecule has 0 fully saturated rings. The third-order valence-corrected chi connectivity index (χ3v) is 5.92. The Kier molecular flexibility index (Phi) is 6.92. The summed E-state index contributed by atoms with van der Waals surface area (Å²) in [6.07, 6.45) is -0.190. The Hall–Kier alpha value is -4.13. The predicted molar refractivity (Wildman–Crippen MR) is 129 cm³/mol. The third-order valence-electron chi connectivity index (χ3n) is 5.92. The second kappa shape index (κ2) is 10.2. The average molecular weight is 459 g/mol. The molecule has 0 bridgehead atoms. The van der Waals surface area contributed by atoms with E-state index in [-0.39, 0.29) is 24.9 Å². The summed E-state index contributed by atoms with van der Waals surface area (Å²) in [5.41, 5.74) is 5.96. The lowest BCUT2D eigenvalue weighted by molar-refractivity contribution is -0.137. The molecule has 4 rings (SSSR count). The van der Waals surface area contributed by atoms with Crippen molar-refractivity contribution in [1.82, 2.24) is 5.32 Å². The molecule has 3 aromatic rings. The Morgan fingerprint density at radius 3 is 2.09 bits per heavy atom. The van der Waals surface area contributed by atoms with Gasteiger partial charge in [0.25, 0.3) is 0 Å². The van der Waals surface area contributed by atoms with Gasteiger partial charge in [0.2, 0.25) is 5.91 Å². The zero-order chi connectivity index (χ0) is 24.1. The summed E-state index contributed by atoms with van der Waals surface area (Å²) in [7, 11) is 0. The standard InChI is InChI=1S/C27H26N2O5/c1-17(26(32)29-19-13-10-18(11-14-19)12-15-25(30)31)28-27(33)34-16-24-22-8-4-2-6-20(22)21-7-3-5-9-23(21)24/h2-11,13-14,17,24H,12,15-16H2,1H3,(H,28,33)(H,29,32)(H,30,31)/t17-/m0/s1. The van der Waals surface area contributed by atoms with E-state index < -0.39 is 18.1 Å². The molecule has 1 atom stereocenters. The Labute approximate surface area is 197 Å². The van der Waals surface area contributed by atoms with Crippen LogP contribution in [0.3, 0.4) is 0 Å². The van der Waals surface area contributed by atoms with Crippen molar-refractivity contribution < 1.29 is 24.2 Å². The minimum absolute atomic E-state index is 0.0484. The predicted octanol–water partition coefficient (Wildman–Crippen LogP) is 4.57. The number of benzene rings is 3. The molecule has 0 radical (unpaired) electrons.